The number of nitrogens with one attached hydrogen (secondary N) is 1. The van der Waals surface area contributed by atoms with Gasteiger partial charge in [0.05, 0.1) is 10.8 Å². The highest BCUT2D eigenvalue weighted by Crippen LogP contribution is 2.30. The zero-order chi connectivity index (χ0) is 21.9. The van der Waals surface area contributed by atoms with E-state index in [2.05, 4.69) is 35.1 Å². The van der Waals surface area contributed by atoms with Gasteiger partial charge in [0.15, 0.2) is 0 Å². The molecule has 8 heteroatoms. The van der Waals surface area contributed by atoms with Gasteiger partial charge in [-0.05, 0) is 73.2 Å². The average Bonchev–Trinajstić information content (AvgIpc) is 2.74. The third-order valence-electron chi connectivity index (χ3n) is 5.48. The van der Waals surface area contributed by atoms with Crippen LogP contribution in [0.5, 0.6) is 0 Å². The van der Waals surface area contributed by atoms with Crippen LogP contribution in [-0.2, 0) is 27.7 Å². The lowest BCUT2D eigenvalue weighted by molar-refractivity contribution is -0.120. The molecule has 0 bridgehead atoms. The minimum Gasteiger partial charge on any atom is -0.325 e. The predicted octanol–water partition coefficient (Wildman–Crippen LogP) is 5.27. The molecule has 1 aliphatic rings. The van der Waals surface area contributed by atoms with Gasteiger partial charge in [0.25, 0.3) is 0 Å². The van der Waals surface area contributed by atoms with Gasteiger partial charge in [-0.1, -0.05) is 41.4 Å². The van der Waals surface area contributed by atoms with Crippen molar-refractivity contribution >= 4 is 49.1 Å². The summed E-state index contributed by atoms with van der Waals surface area (Å²) in [6, 6.07) is 10.2. The number of anilines is 1. The maximum absolute atomic E-state index is 13.1. The van der Waals surface area contributed by atoms with Crippen molar-refractivity contribution in [2.24, 2.45) is 5.92 Å². The van der Waals surface area contributed by atoms with Crippen LogP contribution in [0.4, 0.5) is 5.69 Å². The molecule has 0 spiro atoms. The molecule has 1 atom stereocenters. The number of amides is 1. The second kappa shape index (κ2) is 9.81. The number of halogens is 2. The molecule has 1 amide bonds. The van der Waals surface area contributed by atoms with Gasteiger partial charge in [0, 0.05) is 28.3 Å². The SMILES string of the molecule is CCc1cc(Br)cc(CC)c1NC(=O)[C@H]1CCCN(S(=O)(=O)c2ccc(Cl)cc2)C1. The highest BCUT2D eigenvalue weighted by Gasteiger charge is 2.33. The molecule has 162 valence electrons. The van der Waals surface area contributed by atoms with E-state index in [4.69, 9.17) is 11.6 Å². The lowest BCUT2D eigenvalue weighted by Gasteiger charge is -2.31. The molecule has 0 aromatic heterocycles. The van der Waals surface area contributed by atoms with Crippen molar-refractivity contribution in [1.82, 2.24) is 4.31 Å². The van der Waals surface area contributed by atoms with Crippen LogP contribution < -0.4 is 5.32 Å². The van der Waals surface area contributed by atoms with Gasteiger partial charge >= 0.3 is 0 Å². The van der Waals surface area contributed by atoms with E-state index >= 15 is 0 Å². The maximum atomic E-state index is 13.1. The van der Waals surface area contributed by atoms with Gasteiger partial charge in [-0.3, -0.25) is 4.79 Å². The lowest BCUT2D eigenvalue weighted by atomic mass is 9.97. The highest BCUT2D eigenvalue weighted by molar-refractivity contribution is 9.10. The number of rotatable bonds is 6. The summed E-state index contributed by atoms with van der Waals surface area (Å²) in [5.74, 6) is -0.517. The number of piperidine rings is 1. The van der Waals surface area contributed by atoms with Crippen molar-refractivity contribution in [2.75, 3.05) is 18.4 Å². The number of carbonyl (C=O) groups excluding carboxylic acids is 1. The summed E-state index contributed by atoms with van der Waals surface area (Å²) in [5.41, 5.74) is 2.98. The Morgan fingerprint density at radius 3 is 2.33 bits per heavy atom. The normalized spacial score (nSPS) is 17.7. The molecule has 1 heterocycles. The van der Waals surface area contributed by atoms with Crippen molar-refractivity contribution < 1.29 is 13.2 Å². The number of hydrogen-bond donors (Lipinski definition) is 1. The molecule has 30 heavy (non-hydrogen) atoms. The van der Waals surface area contributed by atoms with E-state index in [-0.39, 0.29) is 23.3 Å². The first kappa shape index (κ1) is 23.3. The third kappa shape index (κ3) is 5.07. The van der Waals surface area contributed by atoms with E-state index in [1.807, 2.05) is 12.1 Å². The van der Waals surface area contributed by atoms with E-state index in [1.165, 1.54) is 16.4 Å². The topological polar surface area (TPSA) is 66.5 Å². The molecule has 5 nitrogen and oxygen atoms in total. The molecule has 1 fully saturated rings. The van der Waals surface area contributed by atoms with Gasteiger partial charge in [0.2, 0.25) is 15.9 Å². The number of benzene rings is 2. The molecule has 3 rings (SSSR count). The number of carbonyl (C=O) groups is 1. The Hall–Kier alpha value is -1.41. The largest absolute Gasteiger partial charge is 0.325 e. The zero-order valence-corrected chi connectivity index (χ0v) is 20.3. The molecule has 0 unspecified atom stereocenters. The molecular weight excluding hydrogens is 488 g/mol. The van der Waals surface area contributed by atoms with Crippen LogP contribution in [0.2, 0.25) is 5.02 Å². The third-order valence-corrected chi connectivity index (χ3v) is 8.07. The van der Waals surface area contributed by atoms with Crippen LogP contribution in [0, 0.1) is 5.92 Å². The van der Waals surface area contributed by atoms with E-state index in [0.717, 1.165) is 34.1 Å². The summed E-state index contributed by atoms with van der Waals surface area (Å²) in [6.45, 7) is 4.69. The zero-order valence-electron chi connectivity index (χ0n) is 17.1. The van der Waals surface area contributed by atoms with Gasteiger partial charge in [-0.25, -0.2) is 8.42 Å². The maximum Gasteiger partial charge on any atom is 0.243 e. The first-order valence-corrected chi connectivity index (χ1v) is 12.7. The molecular formula is C22H26BrClN2O3S. The Morgan fingerprint density at radius 2 is 1.77 bits per heavy atom. The molecule has 0 radical (unpaired) electrons. The first-order chi connectivity index (χ1) is 14.3. The Balaban J connectivity index is 1.79. The fraction of sp³-hybridized carbons (Fsp3) is 0.409. The van der Waals surface area contributed by atoms with Crippen LogP contribution in [0.25, 0.3) is 0 Å². The van der Waals surface area contributed by atoms with Crippen LogP contribution in [0.15, 0.2) is 45.8 Å². The van der Waals surface area contributed by atoms with Gasteiger partial charge < -0.3 is 5.32 Å². The first-order valence-electron chi connectivity index (χ1n) is 10.1. The Bertz CT molecular complexity index is 1000. The predicted molar refractivity (Wildman–Crippen MR) is 124 cm³/mol. The summed E-state index contributed by atoms with van der Waals surface area (Å²) in [5, 5.41) is 3.58. The molecule has 0 saturated carbocycles. The Morgan fingerprint density at radius 1 is 1.17 bits per heavy atom. The van der Waals surface area contributed by atoms with Crippen molar-refractivity contribution in [3.8, 4) is 0 Å². The Labute approximate surface area is 192 Å². The lowest BCUT2D eigenvalue weighted by Crippen LogP contribution is -2.43. The van der Waals surface area contributed by atoms with Crippen LogP contribution in [0.3, 0.4) is 0 Å². The number of sulfonamides is 1. The quantitative estimate of drug-likeness (QED) is 0.572. The molecule has 2 aromatic rings. The summed E-state index contributed by atoms with van der Waals surface area (Å²) >= 11 is 9.42. The van der Waals surface area contributed by atoms with Crippen LogP contribution >= 0.6 is 27.5 Å². The van der Waals surface area contributed by atoms with E-state index in [1.54, 1.807) is 12.1 Å². The average molecular weight is 514 g/mol. The van der Waals surface area contributed by atoms with Crippen molar-refractivity contribution in [1.29, 1.82) is 0 Å². The standard InChI is InChI=1S/C22H26BrClN2O3S/c1-3-15-12-18(23)13-16(4-2)21(15)25-22(27)17-6-5-11-26(14-17)30(28,29)20-9-7-19(24)8-10-20/h7-10,12-13,17H,3-6,11,14H2,1-2H3,(H,25,27)/t17-/m0/s1. The number of hydrogen-bond acceptors (Lipinski definition) is 3. The fourth-order valence-electron chi connectivity index (χ4n) is 3.80. The van der Waals surface area contributed by atoms with Crippen molar-refractivity contribution in [2.45, 2.75) is 44.4 Å². The minimum atomic E-state index is -3.66. The van der Waals surface area contributed by atoms with Crippen molar-refractivity contribution in [3.05, 3.63) is 57.0 Å². The van der Waals surface area contributed by atoms with Crippen LogP contribution in [-0.4, -0.2) is 31.7 Å². The summed E-state index contributed by atoms with van der Waals surface area (Å²) in [4.78, 5) is 13.3. The molecule has 2 aromatic carbocycles. The fourth-order valence-corrected chi connectivity index (χ4v) is 6.00. The van der Waals surface area contributed by atoms with Gasteiger partial charge in [-0.15, -0.1) is 0 Å². The summed E-state index contributed by atoms with van der Waals surface area (Å²) in [6.07, 6.45) is 2.90. The number of aryl methyl sites for hydroxylation is 2. The number of nitrogens with zero attached hydrogens (tertiary/aromatic N) is 1. The smallest absolute Gasteiger partial charge is 0.243 e. The monoisotopic (exact) mass is 512 g/mol. The molecule has 1 aliphatic heterocycles. The van der Waals surface area contributed by atoms with E-state index in [9.17, 15) is 13.2 Å². The summed E-state index contributed by atoms with van der Waals surface area (Å²) in [7, 11) is -3.66. The Kier molecular flexibility index (Phi) is 7.61. The van der Waals surface area contributed by atoms with E-state index in [0.29, 0.717) is 24.4 Å². The van der Waals surface area contributed by atoms with Crippen LogP contribution in [0.1, 0.15) is 37.8 Å². The van der Waals surface area contributed by atoms with Crippen molar-refractivity contribution in [3.63, 3.8) is 0 Å². The van der Waals surface area contributed by atoms with E-state index < -0.39 is 10.0 Å². The summed E-state index contributed by atoms with van der Waals surface area (Å²) < 4.78 is 28.4. The van der Waals surface area contributed by atoms with Gasteiger partial charge in [0.1, 0.15) is 0 Å². The second-order valence-corrected chi connectivity index (χ2v) is 10.7. The molecule has 1 N–H and O–H groups in total. The highest BCUT2D eigenvalue weighted by atomic mass is 79.9. The minimum absolute atomic E-state index is 0.127. The second-order valence-electron chi connectivity index (χ2n) is 7.45. The van der Waals surface area contributed by atoms with Gasteiger partial charge in [-0.2, -0.15) is 4.31 Å². The molecule has 1 saturated heterocycles. The molecule has 0 aliphatic carbocycles.